The van der Waals surface area contributed by atoms with Crippen LogP contribution in [0.1, 0.15) is 36.4 Å². The number of carbonyl (C=O) groups is 2. The lowest BCUT2D eigenvalue weighted by molar-refractivity contribution is -0.119. The minimum atomic E-state index is -0.785. The molecule has 0 aliphatic carbocycles. The first-order chi connectivity index (χ1) is 15.4. The Morgan fingerprint density at radius 2 is 1.78 bits per heavy atom. The molecule has 32 heavy (non-hydrogen) atoms. The van der Waals surface area contributed by atoms with Crippen LogP contribution < -0.4 is 16.1 Å². The molecule has 7 nitrogen and oxygen atoms in total. The van der Waals surface area contributed by atoms with Crippen molar-refractivity contribution >= 4 is 23.2 Å². The Labute approximate surface area is 187 Å². The average Bonchev–Trinajstić information content (AvgIpc) is 3.46. The fourth-order valence-corrected chi connectivity index (χ4v) is 4.29. The van der Waals surface area contributed by atoms with Crippen molar-refractivity contribution in [2.75, 3.05) is 24.6 Å². The minimum absolute atomic E-state index is 0.0733. The zero-order valence-corrected chi connectivity index (χ0v) is 18.1. The molecule has 8 heteroatoms. The quantitative estimate of drug-likeness (QED) is 0.696. The number of anilines is 1. The molecule has 2 aliphatic rings. The van der Waals surface area contributed by atoms with Crippen molar-refractivity contribution < 1.29 is 14.0 Å². The first kappa shape index (κ1) is 22.0. The molecule has 0 saturated carbocycles. The smallest absolute Gasteiger partial charge is 0.267 e. The Balaban J connectivity index is 1.49. The second kappa shape index (κ2) is 9.48. The number of hydrazone groups is 1. The van der Waals surface area contributed by atoms with E-state index in [1.165, 1.54) is 34.8 Å². The van der Waals surface area contributed by atoms with Gasteiger partial charge in [-0.25, -0.2) is 4.39 Å². The third-order valence-corrected chi connectivity index (χ3v) is 6.09. The summed E-state index contributed by atoms with van der Waals surface area (Å²) >= 11 is 0. The summed E-state index contributed by atoms with van der Waals surface area (Å²) in [7, 11) is 0. The molecular formula is C24H28FN5O2. The number of carbonyl (C=O) groups excluding carboxylic acids is 2. The van der Waals surface area contributed by atoms with Crippen molar-refractivity contribution in [3.8, 4) is 0 Å². The van der Waals surface area contributed by atoms with Crippen molar-refractivity contribution in [2.24, 2.45) is 10.8 Å². The maximum Gasteiger partial charge on any atom is 0.267 e. The number of nitrogens with two attached hydrogens (primary N) is 1. The van der Waals surface area contributed by atoms with Gasteiger partial charge in [-0.15, -0.1) is 0 Å². The van der Waals surface area contributed by atoms with E-state index in [1.54, 1.807) is 0 Å². The monoisotopic (exact) mass is 437 g/mol. The van der Waals surface area contributed by atoms with Crippen molar-refractivity contribution in [3.05, 3.63) is 65.5 Å². The molecule has 2 amide bonds. The van der Waals surface area contributed by atoms with Crippen LogP contribution in [-0.2, 0) is 9.59 Å². The molecular weight excluding hydrogens is 409 g/mol. The highest BCUT2D eigenvalue weighted by atomic mass is 19.1. The summed E-state index contributed by atoms with van der Waals surface area (Å²) in [5.41, 5.74) is 8.64. The van der Waals surface area contributed by atoms with Crippen molar-refractivity contribution in [1.82, 2.24) is 10.2 Å². The Morgan fingerprint density at radius 1 is 1.12 bits per heavy atom. The predicted molar refractivity (Wildman–Crippen MR) is 122 cm³/mol. The zero-order valence-electron chi connectivity index (χ0n) is 18.1. The molecule has 1 fully saturated rings. The number of nitrogens with zero attached hydrogens (tertiary/aromatic N) is 3. The molecule has 2 aliphatic heterocycles. The summed E-state index contributed by atoms with van der Waals surface area (Å²) in [6.07, 6.45) is 2.41. The minimum Gasteiger partial charge on any atom is -0.368 e. The molecule has 3 N–H and O–H groups in total. The van der Waals surface area contributed by atoms with E-state index in [9.17, 15) is 14.0 Å². The van der Waals surface area contributed by atoms with Gasteiger partial charge in [-0.1, -0.05) is 29.8 Å². The second-order valence-corrected chi connectivity index (χ2v) is 8.37. The van der Waals surface area contributed by atoms with Gasteiger partial charge in [-0.3, -0.25) is 19.5 Å². The number of likely N-dealkylation sites (tertiary alicyclic amines) is 1. The van der Waals surface area contributed by atoms with Gasteiger partial charge in [0.05, 0.1) is 11.7 Å². The fourth-order valence-electron chi connectivity index (χ4n) is 4.29. The SMILES string of the molecule is Cc1ccc(C(CNC(=O)C2=NN(c3ccc(F)cc3)C(C(N)=O)C2)N2CCCC2)cc1. The lowest BCUT2D eigenvalue weighted by Gasteiger charge is -2.28. The molecule has 168 valence electrons. The van der Waals surface area contributed by atoms with Gasteiger partial charge in [0.25, 0.3) is 5.91 Å². The van der Waals surface area contributed by atoms with E-state index in [1.807, 2.05) is 0 Å². The van der Waals surface area contributed by atoms with E-state index in [0.29, 0.717) is 12.2 Å². The maximum atomic E-state index is 13.3. The van der Waals surface area contributed by atoms with E-state index >= 15 is 0 Å². The molecule has 2 unspecified atom stereocenters. The third-order valence-electron chi connectivity index (χ3n) is 6.09. The number of halogens is 1. The van der Waals surface area contributed by atoms with Crippen LogP contribution in [0.15, 0.2) is 53.6 Å². The number of aryl methyl sites for hydroxylation is 1. The van der Waals surface area contributed by atoms with E-state index < -0.39 is 17.8 Å². The second-order valence-electron chi connectivity index (χ2n) is 8.37. The van der Waals surface area contributed by atoms with E-state index in [0.717, 1.165) is 31.5 Å². The van der Waals surface area contributed by atoms with Gasteiger partial charge in [-0.05, 0) is 62.7 Å². The van der Waals surface area contributed by atoms with Gasteiger partial charge >= 0.3 is 0 Å². The number of hydrogen-bond donors (Lipinski definition) is 2. The van der Waals surface area contributed by atoms with Crippen molar-refractivity contribution in [2.45, 2.75) is 38.3 Å². The van der Waals surface area contributed by atoms with E-state index in [4.69, 9.17) is 5.73 Å². The van der Waals surface area contributed by atoms with Gasteiger partial charge in [-0.2, -0.15) is 5.10 Å². The summed E-state index contributed by atoms with van der Waals surface area (Å²) in [6.45, 7) is 4.49. The summed E-state index contributed by atoms with van der Waals surface area (Å²) in [6, 6.07) is 13.3. The number of nitrogens with one attached hydrogen (secondary N) is 1. The number of rotatable bonds is 7. The van der Waals surface area contributed by atoms with Gasteiger partial charge in [0.15, 0.2) is 0 Å². The molecule has 2 aromatic rings. The first-order valence-electron chi connectivity index (χ1n) is 10.9. The van der Waals surface area contributed by atoms with E-state index in [2.05, 4.69) is 46.5 Å². The number of amides is 2. The van der Waals surface area contributed by atoms with Crippen LogP contribution in [0, 0.1) is 12.7 Å². The molecule has 2 aromatic carbocycles. The molecule has 0 radical (unpaired) electrons. The normalized spacial score (nSPS) is 19.6. The van der Waals surface area contributed by atoms with Crippen LogP contribution in [0.5, 0.6) is 0 Å². The van der Waals surface area contributed by atoms with Crippen molar-refractivity contribution in [3.63, 3.8) is 0 Å². The Kier molecular flexibility index (Phi) is 6.50. The standard InChI is InChI=1S/C24H28FN5O2/c1-16-4-6-17(7-5-16)22(29-12-2-3-13-29)15-27-24(32)20-14-21(23(26)31)30(28-20)19-10-8-18(25)9-11-19/h4-11,21-22H,2-3,12-15H2,1H3,(H2,26,31)(H,27,32). The summed E-state index contributed by atoms with van der Waals surface area (Å²) in [4.78, 5) is 27.3. The lowest BCUT2D eigenvalue weighted by atomic mass is 10.0. The topological polar surface area (TPSA) is 91.0 Å². The van der Waals surface area contributed by atoms with Gasteiger partial charge < -0.3 is 11.1 Å². The number of hydrogen-bond acceptors (Lipinski definition) is 5. The summed E-state index contributed by atoms with van der Waals surface area (Å²) in [5.74, 6) is -1.30. The predicted octanol–water partition coefficient (Wildman–Crippen LogP) is 2.51. The fraction of sp³-hybridized carbons (Fsp3) is 0.375. The summed E-state index contributed by atoms with van der Waals surface area (Å²) < 4.78 is 13.3. The highest BCUT2D eigenvalue weighted by molar-refractivity contribution is 6.40. The van der Waals surface area contributed by atoms with Gasteiger partial charge in [0, 0.05) is 13.0 Å². The van der Waals surface area contributed by atoms with Crippen molar-refractivity contribution in [1.29, 1.82) is 0 Å². The van der Waals surface area contributed by atoms with Crippen LogP contribution in [-0.4, -0.2) is 48.1 Å². The lowest BCUT2D eigenvalue weighted by Crippen LogP contribution is -2.41. The molecule has 2 heterocycles. The van der Waals surface area contributed by atoms with Crippen LogP contribution in [0.4, 0.5) is 10.1 Å². The van der Waals surface area contributed by atoms with Crippen LogP contribution in [0.25, 0.3) is 0 Å². The average molecular weight is 438 g/mol. The van der Waals surface area contributed by atoms with Gasteiger partial charge in [0.2, 0.25) is 5.91 Å². The molecule has 0 bridgehead atoms. The maximum absolute atomic E-state index is 13.3. The largest absolute Gasteiger partial charge is 0.368 e. The van der Waals surface area contributed by atoms with Crippen LogP contribution in [0.3, 0.4) is 0 Å². The molecule has 0 spiro atoms. The van der Waals surface area contributed by atoms with Gasteiger partial charge in [0.1, 0.15) is 17.6 Å². The Morgan fingerprint density at radius 3 is 2.41 bits per heavy atom. The van der Waals surface area contributed by atoms with Crippen LogP contribution in [0.2, 0.25) is 0 Å². The Bertz CT molecular complexity index is 1000. The van der Waals surface area contributed by atoms with Crippen LogP contribution >= 0.6 is 0 Å². The zero-order chi connectivity index (χ0) is 22.7. The Hall–Kier alpha value is -3.26. The highest BCUT2D eigenvalue weighted by Gasteiger charge is 2.35. The van der Waals surface area contributed by atoms with E-state index in [-0.39, 0.29) is 24.1 Å². The molecule has 2 atom stereocenters. The third kappa shape index (κ3) is 4.80. The number of benzene rings is 2. The first-order valence-corrected chi connectivity index (χ1v) is 10.9. The highest BCUT2D eigenvalue weighted by Crippen LogP contribution is 2.27. The molecule has 0 aromatic heterocycles. The molecule has 4 rings (SSSR count). The number of primary amides is 1. The molecule has 1 saturated heterocycles. The summed E-state index contributed by atoms with van der Waals surface area (Å²) in [5, 5.41) is 8.75.